The Morgan fingerprint density at radius 2 is 1.26 bits per heavy atom. The van der Waals surface area contributed by atoms with E-state index in [-0.39, 0.29) is 5.78 Å². The number of para-hydroxylation sites is 1. The molecule has 0 aliphatic heterocycles. The summed E-state index contributed by atoms with van der Waals surface area (Å²) in [5.74, 6) is 2.39. The van der Waals surface area contributed by atoms with Crippen LogP contribution in [0.1, 0.15) is 119 Å². The molecular formula is C34H50O3S. The van der Waals surface area contributed by atoms with E-state index in [9.17, 15) is 4.79 Å². The average molecular weight is 539 g/mol. The summed E-state index contributed by atoms with van der Waals surface area (Å²) in [5, 5.41) is 0. The van der Waals surface area contributed by atoms with Crippen molar-refractivity contribution in [3.05, 3.63) is 59.7 Å². The molecule has 0 atom stereocenters. The number of benzene rings is 2. The van der Waals surface area contributed by atoms with Crippen LogP contribution >= 0.6 is 11.8 Å². The Morgan fingerprint density at radius 3 is 1.84 bits per heavy atom. The minimum Gasteiger partial charge on any atom is -0.496 e. The Balaban J connectivity index is 1.58. The maximum absolute atomic E-state index is 12.8. The summed E-state index contributed by atoms with van der Waals surface area (Å²) in [6.07, 6.45) is 24.2. The Bertz CT molecular complexity index is 937. The van der Waals surface area contributed by atoms with Crippen molar-refractivity contribution in [2.75, 3.05) is 20.0 Å². The third-order valence-electron chi connectivity index (χ3n) is 7.01. The first-order chi connectivity index (χ1) is 18.7. The maximum Gasteiger partial charge on any atom is 0.189 e. The van der Waals surface area contributed by atoms with Crippen molar-refractivity contribution >= 4 is 23.6 Å². The molecular weight excluding hydrogens is 488 g/mol. The van der Waals surface area contributed by atoms with E-state index in [4.69, 9.17) is 9.47 Å². The highest BCUT2D eigenvalue weighted by Crippen LogP contribution is 2.29. The van der Waals surface area contributed by atoms with Crippen LogP contribution in [0, 0.1) is 0 Å². The van der Waals surface area contributed by atoms with Gasteiger partial charge < -0.3 is 9.47 Å². The van der Waals surface area contributed by atoms with E-state index in [1.807, 2.05) is 54.2 Å². The molecule has 0 spiro atoms. The molecule has 2 aromatic rings. The van der Waals surface area contributed by atoms with Crippen LogP contribution in [-0.4, -0.2) is 25.8 Å². The number of ketones is 1. The number of thioether (sulfide) groups is 1. The van der Waals surface area contributed by atoms with Gasteiger partial charge in [-0.05, 0) is 48.6 Å². The highest BCUT2D eigenvalue weighted by Gasteiger charge is 2.11. The van der Waals surface area contributed by atoms with Gasteiger partial charge in [-0.3, -0.25) is 4.79 Å². The van der Waals surface area contributed by atoms with Crippen molar-refractivity contribution in [2.24, 2.45) is 0 Å². The second-order valence-electron chi connectivity index (χ2n) is 10.1. The van der Waals surface area contributed by atoms with Gasteiger partial charge in [0.25, 0.3) is 0 Å². The molecule has 3 nitrogen and oxygen atoms in total. The van der Waals surface area contributed by atoms with E-state index in [2.05, 4.69) is 6.92 Å². The molecule has 4 heteroatoms. The standard InChI is InChI=1S/C34H50O3S/c1-4-5-6-7-8-9-10-11-12-13-14-15-16-17-20-27-38-30-24-25-31(34(28-30)37-3)32(35)26-23-29-21-18-19-22-33(29)36-2/h18-19,21-26,28H,4-17,20,27H2,1-3H3/b26-23+. The Morgan fingerprint density at radius 1 is 0.711 bits per heavy atom. The summed E-state index contributed by atoms with van der Waals surface area (Å²) in [7, 11) is 3.26. The van der Waals surface area contributed by atoms with Crippen LogP contribution < -0.4 is 9.47 Å². The van der Waals surface area contributed by atoms with Crippen molar-refractivity contribution in [1.29, 1.82) is 0 Å². The number of hydrogen-bond acceptors (Lipinski definition) is 4. The first-order valence-corrected chi connectivity index (χ1v) is 15.8. The molecule has 2 aromatic carbocycles. The van der Waals surface area contributed by atoms with Gasteiger partial charge in [0.15, 0.2) is 5.78 Å². The first kappa shape index (κ1) is 32.0. The van der Waals surface area contributed by atoms with Crippen LogP contribution in [0.25, 0.3) is 6.08 Å². The molecule has 0 aliphatic rings. The average Bonchev–Trinajstić information content (AvgIpc) is 2.95. The lowest BCUT2D eigenvalue weighted by Crippen LogP contribution is -1.99. The van der Waals surface area contributed by atoms with Gasteiger partial charge in [0.05, 0.1) is 19.8 Å². The van der Waals surface area contributed by atoms with Crippen molar-refractivity contribution in [3.8, 4) is 11.5 Å². The second kappa shape index (κ2) is 20.7. The molecule has 0 amide bonds. The zero-order valence-corrected chi connectivity index (χ0v) is 25.0. The topological polar surface area (TPSA) is 35.5 Å². The number of allylic oxidation sites excluding steroid dienone is 1. The third kappa shape index (κ3) is 13.0. The summed E-state index contributed by atoms with van der Waals surface area (Å²) in [5.41, 5.74) is 1.45. The first-order valence-electron chi connectivity index (χ1n) is 14.9. The zero-order valence-electron chi connectivity index (χ0n) is 24.1. The summed E-state index contributed by atoms with van der Waals surface area (Å²) < 4.78 is 10.9. The van der Waals surface area contributed by atoms with Crippen molar-refractivity contribution < 1.29 is 14.3 Å². The summed E-state index contributed by atoms with van der Waals surface area (Å²) in [6.45, 7) is 2.28. The summed E-state index contributed by atoms with van der Waals surface area (Å²) >= 11 is 1.85. The fourth-order valence-electron chi connectivity index (χ4n) is 4.69. The number of methoxy groups -OCH3 is 2. The number of carbonyl (C=O) groups excluding carboxylic acids is 1. The number of rotatable bonds is 22. The van der Waals surface area contributed by atoms with Gasteiger partial charge in [0, 0.05) is 10.5 Å². The van der Waals surface area contributed by atoms with Gasteiger partial charge in [-0.15, -0.1) is 11.8 Å². The third-order valence-corrected chi connectivity index (χ3v) is 8.09. The molecule has 0 unspecified atom stereocenters. The van der Waals surface area contributed by atoms with Crippen LogP contribution in [-0.2, 0) is 0 Å². The lowest BCUT2D eigenvalue weighted by molar-refractivity contribution is 0.104. The van der Waals surface area contributed by atoms with Gasteiger partial charge in [-0.2, -0.15) is 0 Å². The summed E-state index contributed by atoms with van der Waals surface area (Å²) in [6, 6.07) is 13.5. The largest absolute Gasteiger partial charge is 0.496 e. The Hall–Kier alpha value is -2.20. The molecule has 0 fully saturated rings. The van der Waals surface area contributed by atoms with Crippen LogP contribution in [0.2, 0.25) is 0 Å². The van der Waals surface area contributed by atoms with Crippen LogP contribution in [0.5, 0.6) is 11.5 Å². The van der Waals surface area contributed by atoms with Crippen molar-refractivity contribution in [3.63, 3.8) is 0 Å². The van der Waals surface area contributed by atoms with Gasteiger partial charge in [-0.1, -0.05) is 115 Å². The zero-order chi connectivity index (χ0) is 27.3. The summed E-state index contributed by atoms with van der Waals surface area (Å²) in [4.78, 5) is 14.0. The molecule has 0 saturated carbocycles. The molecule has 0 radical (unpaired) electrons. The van der Waals surface area contributed by atoms with Crippen LogP contribution in [0.4, 0.5) is 0 Å². The second-order valence-corrected chi connectivity index (χ2v) is 11.3. The van der Waals surface area contributed by atoms with Crippen LogP contribution in [0.3, 0.4) is 0 Å². The molecule has 0 heterocycles. The Labute approximate surface area is 236 Å². The number of ether oxygens (including phenoxy) is 2. The smallest absolute Gasteiger partial charge is 0.189 e. The van der Waals surface area contributed by atoms with E-state index >= 15 is 0 Å². The molecule has 0 aromatic heterocycles. The van der Waals surface area contributed by atoms with Crippen LogP contribution in [0.15, 0.2) is 53.4 Å². The van der Waals surface area contributed by atoms with Gasteiger partial charge in [0.1, 0.15) is 11.5 Å². The molecule has 210 valence electrons. The molecule has 0 bridgehead atoms. The lowest BCUT2D eigenvalue weighted by atomic mass is 10.0. The van der Waals surface area contributed by atoms with E-state index in [0.717, 1.165) is 22.0 Å². The number of hydrogen-bond donors (Lipinski definition) is 0. The lowest BCUT2D eigenvalue weighted by Gasteiger charge is -2.09. The van der Waals surface area contributed by atoms with E-state index < -0.39 is 0 Å². The predicted octanol–water partition coefficient (Wildman–Crippen LogP) is 10.6. The maximum atomic E-state index is 12.8. The number of unbranched alkanes of at least 4 members (excludes halogenated alkanes) is 14. The van der Waals surface area contributed by atoms with Crippen molar-refractivity contribution in [2.45, 2.75) is 108 Å². The van der Waals surface area contributed by atoms with Gasteiger partial charge >= 0.3 is 0 Å². The Kier molecular flexibility index (Phi) is 17.5. The predicted molar refractivity (Wildman–Crippen MR) is 165 cm³/mol. The van der Waals surface area contributed by atoms with Crippen molar-refractivity contribution in [1.82, 2.24) is 0 Å². The molecule has 0 aliphatic carbocycles. The number of carbonyl (C=O) groups is 1. The fourth-order valence-corrected chi connectivity index (χ4v) is 5.63. The van der Waals surface area contributed by atoms with Gasteiger partial charge in [-0.25, -0.2) is 0 Å². The molecule has 38 heavy (non-hydrogen) atoms. The quantitative estimate of drug-likeness (QED) is 0.0646. The highest BCUT2D eigenvalue weighted by molar-refractivity contribution is 7.99. The van der Waals surface area contributed by atoms with Gasteiger partial charge in [0.2, 0.25) is 0 Å². The molecule has 0 saturated heterocycles. The minimum absolute atomic E-state index is 0.0771. The SMILES string of the molecule is CCCCCCCCCCCCCCCCCSc1ccc(C(=O)/C=C/c2ccccc2OC)c(OC)c1. The molecule has 2 rings (SSSR count). The monoisotopic (exact) mass is 538 g/mol. The van der Waals surface area contributed by atoms with E-state index in [1.165, 1.54) is 96.3 Å². The van der Waals surface area contributed by atoms with E-state index in [0.29, 0.717) is 11.3 Å². The fraction of sp³-hybridized carbons (Fsp3) is 0.559. The normalized spacial score (nSPS) is 11.2. The minimum atomic E-state index is -0.0771. The van der Waals surface area contributed by atoms with E-state index in [1.54, 1.807) is 26.4 Å². The highest BCUT2D eigenvalue weighted by atomic mass is 32.2. The molecule has 0 N–H and O–H groups in total.